The smallest absolute Gasteiger partial charge is 0.0977 e. The highest BCUT2D eigenvalue weighted by Crippen LogP contribution is 2.39. The summed E-state index contributed by atoms with van der Waals surface area (Å²) < 4.78 is 0. The fraction of sp³-hybridized carbons (Fsp3) is 0.286. The molecule has 2 atom stereocenters. The van der Waals surface area contributed by atoms with Crippen LogP contribution in [0.2, 0.25) is 10.0 Å². The molecule has 1 heterocycles. The molecule has 19 heavy (non-hydrogen) atoms. The summed E-state index contributed by atoms with van der Waals surface area (Å²) >= 11 is 13.6. The van der Waals surface area contributed by atoms with E-state index in [0.29, 0.717) is 16.6 Å². The normalized spacial score (nSPS) is 14.4. The van der Waals surface area contributed by atoms with E-state index in [4.69, 9.17) is 28.9 Å². The van der Waals surface area contributed by atoms with Crippen molar-refractivity contribution in [1.82, 2.24) is 0 Å². The lowest BCUT2D eigenvalue weighted by atomic mass is 9.92. The predicted molar refractivity (Wildman–Crippen MR) is 82.3 cm³/mol. The van der Waals surface area contributed by atoms with E-state index in [1.165, 1.54) is 11.3 Å². The number of benzene rings is 1. The molecule has 0 bridgehead atoms. The van der Waals surface area contributed by atoms with Crippen molar-refractivity contribution in [3.05, 3.63) is 55.7 Å². The second-order valence-electron chi connectivity index (χ2n) is 4.44. The van der Waals surface area contributed by atoms with Crippen LogP contribution >= 0.6 is 34.5 Å². The lowest BCUT2D eigenvalue weighted by Gasteiger charge is -2.21. The van der Waals surface area contributed by atoms with Crippen molar-refractivity contribution in [2.24, 2.45) is 5.73 Å². The third-order valence-electron chi connectivity index (χ3n) is 3.11. The molecule has 2 nitrogen and oxygen atoms in total. The molecule has 1 aromatic carbocycles. The Kier molecular flexibility index (Phi) is 4.87. The van der Waals surface area contributed by atoms with Gasteiger partial charge in [0, 0.05) is 17.5 Å². The zero-order chi connectivity index (χ0) is 14.0. The summed E-state index contributed by atoms with van der Waals surface area (Å²) in [6.45, 7) is 2.25. The highest BCUT2D eigenvalue weighted by atomic mass is 35.5. The van der Waals surface area contributed by atoms with Crippen molar-refractivity contribution in [3.63, 3.8) is 0 Å². The Labute approximate surface area is 126 Å². The van der Waals surface area contributed by atoms with Crippen LogP contribution in [0.5, 0.6) is 0 Å². The third kappa shape index (κ3) is 3.12. The zero-order valence-corrected chi connectivity index (χ0v) is 12.8. The molecular weight excluding hydrogens is 301 g/mol. The lowest BCUT2D eigenvalue weighted by Crippen LogP contribution is -2.19. The summed E-state index contributed by atoms with van der Waals surface area (Å²) in [6.07, 6.45) is -0.713. The van der Waals surface area contributed by atoms with Gasteiger partial charge in [-0.3, -0.25) is 0 Å². The first-order valence-electron chi connectivity index (χ1n) is 5.91. The van der Waals surface area contributed by atoms with E-state index in [9.17, 15) is 5.11 Å². The van der Waals surface area contributed by atoms with Gasteiger partial charge in [-0.05, 0) is 35.6 Å². The van der Waals surface area contributed by atoms with Crippen molar-refractivity contribution in [3.8, 4) is 0 Å². The molecule has 0 radical (unpaired) electrons. The van der Waals surface area contributed by atoms with Gasteiger partial charge in [0.1, 0.15) is 0 Å². The van der Waals surface area contributed by atoms with Crippen LogP contribution in [0.1, 0.15) is 28.0 Å². The fourth-order valence-corrected chi connectivity index (χ4v) is 3.57. The highest BCUT2D eigenvalue weighted by Gasteiger charge is 2.25. The molecule has 5 heteroatoms. The average molecular weight is 316 g/mol. The lowest BCUT2D eigenvalue weighted by molar-refractivity contribution is 0.151. The molecule has 0 saturated heterocycles. The number of nitrogens with two attached hydrogens (primary N) is 1. The molecule has 1 aromatic heterocycles. The maximum absolute atomic E-state index is 10.5. The summed E-state index contributed by atoms with van der Waals surface area (Å²) in [7, 11) is 0. The average Bonchev–Trinajstić information content (AvgIpc) is 2.71. The van der Waals surface area contributed by atoms with E-state index < -0.39 is 6.10 Å². The number of aliphatic hydroxyl groups is 1. The maximum atomic E-state index is 10.5. The van der Waals surface area contributed by atoms with Crippen LogP contribution in [0.15, 0.2) is 29.6 Å². The number of aliphatic hydroxyl groups excluding tert-OH is 1. The summed E-state index contributed by atoms with van der Waals surface area (Å²) in [4.78, 5) is 0.759. The third-order valence-corrected chi connectivity index (χ3v) is 5.13. The van der Waals surface area contributed by atoms with E-state index in [1.807, 2.05) is 30.5 Å². The van der Waals surface area contributed by atoms with Crippen LogP contribution in [0.25, 0.3) is 0 Å². The van der Waals surface area contributed by atoms with Gasteiger partial charge in [-0.2, -0.15) is 0 Å². The summed E-state index contributed by atoms with van der Waals surface area (Å²) in [5.74, 6) is -0.214. The Balaban J connectivity index is 2.34. The Morgan fingerprint density at radius 3 is 2.63 bits per heavy atom. The minimum atomic E-state index is -0.713. The molecule has 0 fully saturated rings. The molecule has 102 valence electrons. The first-order valence-corrected chi connectivity index (χ1v) is 7.55. The molecule has 0 spiro atoms. The molecule has 0 saturated carbocycles. The predicted octanol–water partition coefficient (Wildman–Crippen LogP) is 4.14. The minimum absolute atomic E-state index is 0.214. The molecule has 3 N–H and O–H groups in total. The van der Waals surface area contributed by atoms with Gasteiger partial charge in [0.15, 0.2) is 0 Å². The summed E-state index contributed by atoms with van der Waals surface area (Å²) in [5.41, 5.74) is 7.70. The Hall–Kier alpha value is -0.580. The van der Waals surface area contributed by atoms with E-state index in [2.05, 4.69) is 0 Å². The number of hydrogen-bond donors (Lipinski definition) is 2. The maximum Gasteiger partial charge on any atom is 0.0977 e. The number of halogens is 2. The quantitative estimate of drug-likeness (QED) is 0.890. The van der Waals surface area contributed by atoms with Gasteiger partial charge in [0.25, 0.3) is 0 Å². The SMILES string of the molecule is Cc1csc(C(O)C(CN)c2cccc(Cl)c2)c1Cl. The first kappa shape index (κ1) is 14.8. The van der Waals surface area contributed by atoms with Crippen LogP contribution < -0.4 is 5.73 Å². The molecule has 0 aliphatic heterocycles. The molecule has 0 amide bonds. The van der Waals surface area contributed by atoms with Crippen LogP contribution in [0, 0.1) is 6.92 Å². The van der Waals surface area contributed by atoms with Gasteiger partial charge in [0.2, 0.25) is 0 Å². The summed E-state index contributed by atoms with van der Waals surface area (Å²) in [5, 5.41) is 13.7. The van der Waals surface area contributed by atoms with Crippen LogP contribution in [-0.2, 0) is 0 Å². The number of rotatable bonds is 4. The Bertz CT molecular complexity index is 570. The van der Waals surface area contributed by atoms with Gasteiger partial charge in [-0.25, -0.2) is 0 Å². The number of hydrogen-bond acceptors (Lipinski definition) is 3. The van der Waals surface area contributed by atoms with Crippen molar-refractivity contribution >= 4 is 34.5 Å². The zero-order valence-electron chi connectivity index (χ0n) is 10.4. The van der Waals surface area contributed by atoms with Crippen LogP contribution in [0.4, 0.5) is 0 Å². The second-order valence-corrected chi connectivity index (χ2v) is 6.16. The minimum Gasteiger partial charge on any atom is -0.387 e. The van der Waals surface area contributed by atoms with Crippen LogP contribution in [0.3, 0.4) is 0 Å². The van der Waals surface area contributed by atoms with Gasteiger partial charge in [-0.1, -0.05) is 35.3 Å². The molecule has 2 aromatic rings. The van der Waals surface area contributed by atoms with Gasteiger partial charge >= 0.3 is 0 Å². The van der Waals surface area contributed by atoms with Gasteiger partial charge in [-0.15, -0.1) is 11.3 Å². The van der Waals surface area contributed by atoms with E-state index in [-0.39, 0.29) is 5.92 Å². The largest absolute Gasteiger partial charge is 0.387 e. The molecule has 0 aliphatic carbocycles. The van der Waals surface area contributed by atoms with Crippen LogP contribution in [-0.4, -0.2) is 11.7 Å². The van der Waals surface area contributed by atoms with E-state index in [1.54, 1.807) is 6.07 Å². The van der Waals surface area contributed by atoms with Gasteiger partial charge < -0.3 is 10.8 Å². The van der Waals surface area contributed by atoms with E-state index >= 15 is 0 Å². The van der Waals surface area contributed by atoms with Gasteiger partial charge in [0.05, 0.1) is 16.0 Å². The molecule has 2 unspecified atom stereocenters. The Morgan fingerprint density at radius 2 is 2.11 bits per heavy atom. The molecule has 0 aliphatic rings. The topological polar surface area (TPSA) is 46.2 Å². The van der Waals surface area contributed by atoms with Crippen molar-refractivity contribution < 1.29 is 5.11 Å². The monoisotopic (exact) mass is 315 g/mol. The van der Waals surface area contributed by atoms with Crippen molar-refractivity contribution in [1.29, 1.82) is 0 Å². The standard InChI is InChI=1S/C14H15Cl2NOS/c1-8-7-19-14(12(8)16)13(18)11(6-17)9-3-2-4-10(15)5-9/h2-5,7,11,13,18H,6,17H2,1H3. The highest BCUT2D eigenvalue weighted by molar-refractivity contribution is 7.10. The number of aryl methyl sites for hydroxylation is 1. The molecule has 2 rings (SSSR count). The second kappa shape index (κ2) is 6.25. The first-order chi connectivity index (χ1) is 9.04. The summed E-state index contributed by atoms with van der Waals surface area (Å²) in [6, 6.07) is 7.40. The fourth-order valence-electron chi connectivity index (χ4n) is 2.02. The van der Waals surface area contributed by atoms with Crippen molar-refractivity contribution in [2.45, 2.75) is 18.9 Å². The Morgan fingerprint density at radius 1 is 1.37 bits per heavy atom. The van der Waals surface area contributed by atoms with E-state index in [0.717, 1.165) is 16.0 Å². The number of thiophene rings is 1. The molecular formula is C14H15Cl2NOS. The van der Waals surface area contributed by atoms with Crippen molar-refractivity contribution in [2.75, 3.05) is 6.54 Å².